The molecular formula is C19H18F4N2O4S. The quantitative estimate of drug-likeness (QED) is 0.677. The second-order valence-corrected chi connectivity index (χ2v) is 8.51. The van der Waals surface area contributed by atoms with Crippen molar-refractivity contribution in [2.24, 2.45) is 0 Å². The van der Waals surface area contributed by atoms with Crippen LogP contribution >= 0.6 is 0 Å². The van der Waals surface area contributed by atoms with Gasteiger partial charge in [-0.2, -0.15) is 4.31 Å². The molecule has 0 aliphatic carbocycles. The van der Waals surface area contributed by atoms with E-state index in [1.807, 2.05) is 0 Å². The number of carbonyl (C=O) groups is 1. The van der Waals surface area contributed by atoms with Crippen molar-refractivity contribution < 1.29 is 35.5 Å². The topological polar surface area (TPSA) is 66.9 Å². The van der Waals surface area contributed by atoms with Gasteiger partial charge in [-0.3, -0.25) is 4.79 Å². The number of sulfonamides is 1. The minimum Gasteiger partial charge on any atom is -0.406 e. The molecule has 1 aliphatic heterocycles. The monoisotopic (exact) mass is 446 g/mol. The average molecular weight is 446 g/mol. The fourth-order valence-electron chi connectivity index (χ4n) is 3.07. The van der Waals surface area contributed by atoms with Crippen LogP contribution in [0.2, 0.25) is 0 Å². The number of amides is 1. The van der Waals surface area contributed by atoms with Crippen molar-refractivity contribution in [1.29, 1.82) is 0 Å². The molecule has 0 aromatic heterocycles. The van der Waals surface area contributed by atoms with E-state index in [-0.39, 0.29) is 36.6 Å². The maximum Gasteiger partial charge on any atom is 0.573 e. The Morgan fingerprint density at radius 3 is 2.13 bits per heavy atom. The lowest BCUT2D eigenvalue weighted by molar-refractivity contribution is -0.274. The second kappa shape index (κ2) is 8.60. The Labute approximate surface area is 170 Å². The number of halogens is 4. The molecule has 2 aromatic rings. The fraction of sp³-hybridized carbons (Fsp3) is 0.316. The first-order chi connectivity index (χ1) is 14.1. The van der Waals surface area contributed by atoms with Crippen LogP contribution < -0.4 is 4.74 Å². The molecule has 1 amide bonds. The van der Waals surface area contributed by atoms with E-state index >= 15 is 0 Å². The summed E-state index contributed by atoms with van der Waals surface area (Å²) < 4.78 is 80.3. The maximum atomic E-state index is 13.1. The van der Waals surface area contributed by atoms with Gasteiger partial charge in [0.2, 0.25) is 10.0 Å². The van der Waals surface area contributed by atoms with Gasteiger partial charge in [-0.05, 0) is 55.0 Å². The summed E-state index contributed by atoms with van der Waals surface area (Å²) in [5.41, 5.74) is 0.166. The molecular weight excluding hydrogens is 428 g/mol. The Hall–Kier alpha value is -2.66. The van der Waals surface area contributed by atoms with Crippen molar-refractivity contribution in [3.8, 4) is 5.75 Å². The zero-order chi connectivity index (χ0) is 21.9. The van der Waals surface area contributed by atoms with Gasteiger partial charge in [-0.25, -0.2) is 12.8 Å². The van der Waals surface area contributed by atoms with Gasteiger partial charge in [0, 0.05) is 31.7 Å². The van der Waals surface area contributed by atoms with Crippen LogP contribution in [0.4, 0.5) is 17.6 Å². The molecule has 11 heteroatoms. The van der Waals surface area contributed by atoms with Gasteiger partial charge in [0.15, 0.2) is 0 Å². The SMILES string of the molecule is O=C(c1ccc(OC(F)(F)F)cc1)N1CCCN(S(=O)(=O)c2ccc(F)cc2)CC1. The summed E-state index contributed by atoms with van der Waals surface area (Å²) >= 11 is 0. The van der Waals surface area contributed by atoms with E-state index in [1.165, 1.54) is 33.5 Å². The van der Waals surface area contributed by atoms with Gasteiger partial charge in [0.05, 0.1) is 4.90 Å². The minimum atomic E-state index is -4.82. The van der Waals surface area contributed by atoms with Crippen LogP contribution in [0.5, 0.6) is 5.75 Å². The van der Waals surface area contributed by atoms with Crippen LogP contribution in [0, 0.1) is 5.82 Å². The summed E-state index contributed by atoms with van der Waals surface area (Å²) in [6.45, 7) is 0.623. The van der Waals surface area contributed by atoms with Gasteiger partial charge in [0.25, 0.3) is 5.91 Å². The van der Waals surface area contributed by atoms with Crippen molar-refractivity contribution in [2.75, 3.05) is 26.2 Å². The van der Waals surface area contributed by atoms with E-state index in [4.69, 9.17) is 0 Å². The zero-order valence-electron chi connectivity index (χ0n) is 15.6. The lowest BCUT2D eigenvalue weighted by atomic mass is 10.2. The van der Waals surface area contributed by atoms with Crippen molar-refractivity contribution in [3.05, 3.63) is 59.9 Å². The molecule has 1 fully saturated rings. The molecule has 0 unspecified atom stereocenters. The molecule has 1 aliphatic rings. The molecule has 6 nitrogen and oxygen atoms in total. The third-order valence-electron chi connectivity index (χ3n) is 4.53. The predicted molar refractivity (Wildman–Crippen MR) is 98.8 cm³/mol. The molecule has 162 valence electrons. The minimum absolute atomic E-state index is 0.0380. The smallest absolute Gasteiger partial charge is 0.406 e. The van der Waals surface area contributed by atoms with E-state index in [0.29, 0.717) is 6.42 Å². The van der Waals surface area contributed by atoms with E-state index < -0.39 is 33.9 Å². The molecule has 0 bridgehead atoms. The molecule has 30 heavy (non-hydrogen) atoms. The van der Waals surface area contributed by atoms with Crippen molar-refractivity contribution in [1.82, 2.24) is 9.21 Å². The van der Waals surface area contributed by atoms with E-state index in [0.717, 1.165) is 24.3 Å². The summed E-state index contributed by atoms with van der Waals surface area (Å²) in [6.07, 6.45) is -4.45. The standard InChI is InChI=1S/C19H18F4N2O4S/c20-15-4-8-17(9-5-15)30(27,28)25-11-1-10-24(12-13-25)18(26)14-2-6-16(7-3-14)29-19(21,22)23/h2-9H,1,10-13H2. The highest BCUT2D eigenvalue weighted by Crippen LogP contribution is 2.24. The van der Waals surface area contributed by atoms with Gasteiger partial charge in [-0.1, -0.05) is 0 Å². The van der Waals surface area contributed by atoms with Gasteiger partial charge in [0.1, 0.15) is 11.6 Å². The van der Waals surface area contributed by atoms with Gasteiger partial charge in [-0.15, -0.1) is 13.2 Å². The summed E-state index contributed by atoms with van der Waals surface area (Å²) in [5, 5.41) is 0. The summed E-state index contributed by atoms with van der Waals surface area (Å²) in [4.78, 5) is 14.1. The Bertz CT molecular complexity index is 993. The number of hydrogen-bond donors (Lipinski definition) is 0. The molecule has 1 saturated heterocycles. The Kier molecular flexibility index (Phi) is 6.32. The molecule has 0 atom stereocenters. The Morgan fingerprint density at radius 1 is 0.900 bits per heavy atom. The lowest BCUT2D eigenvalue weighted by Gasteiger charge is -2.22. The number of benzene rings is 2. The van der Waals surface area contributed by atoms with Crippen LogP contribution in [-0.4, -0.2) is 56.1 Å². The normalized spacial score (nSPS) is 16.2. The number of nitrogens with zero attached hydrogens (tertiary/aromatic N) is 2. The van der Waals surface area contributed by atoms with Crippen LogP contribution in [0.15, 0.2) is 53.4 Å². The largest absolute Gasteiger partial charge is 0.573 e. The van der Waals surface area contributed by atoms with Crippen molar-refractivity contribution >= 4 is 15.9 Å². The lowest BCUT2D eigenvalue weighted by Crippen LogP contribution is -2.37. The highest BCUT2D eigenvalue weighted by molar-refractivity contribution is 7.89. The second-order valence-electron chi connectivity index (χ2n) is 6.58. The molecule has 0 spiro atoms. The third kappa shape index (κ3) is 5.28. The average Bonchev–Trinajstić information content (AvgIpc) is 2.94. The Morgan fingerprint density at radius 2 is 1.53 bits per heavy atom. The van der Waals surface area contributed by atoms with Gasteiger partial charge >= 0.3 is 6.36 Å². The van der Waals surface area contributed by atoms with Crippen LogP contribution in [-0.2, 0) is 10.0 Å². The number of carbonyl (C=O) groups excluding carboxylic acids is 1. The first-order valence-corrected chi connectivity index (χ1v) is 10.4. The number of ether oxygens (including phenoxy) is 1. The van der Waals surface area contributed by atoms with Crippen LogP contribution in [0.25, 0.3) is 0 Å². The first-order valence-electron chi connectivity index (χ1n) is 8.97. The van der Waals surface area contributed by atoms with Crippen LogP contribution in [0.3, 0.4) is 0 Å². The molecule has 1 heterocycles. The number of alkyl halides is 3. The zero-order valence-corrected chi connectivity index (χ0v) is 16.4. The predicted octanol–water partition coefficient (Wildman–Crippen LogP) is 3.26. The molecule has 0 radical (unpaired) electrons. The van der Waals surface area contributed by atoms with E-state index in [2.05, 4.69) is 4.74 Å². The highest BCUT2D eigenvalue weighted by atomic mass is 32.2. The third-order valence-corrected chi connectivity index (χ3v) is 6.44. The molecule has 2 aromatic carbocycles. The van der Waals surface area contributed by atoms with E-state index in [1.54, 1.807) is 0 Å². The number of rotatable bonds is 4. The fourth-order valence-corrected chi connectivity index (χ4v) is 4.54. The molecule has 0 N–H and O–H groups in total. The molecule has 3 rings (SSSR count). The van der Waals surface area contributed by atoms with Crippen LogP contribution in [0.1, 0.15) is 16.8 Å². The Balaban J connectivity index is 1.67. The van der Waals surface area contributed by atoms with Crippen molar-refractivity contribution in [3.63, 3.8) is 0 Å². The first kappa shape index (κ1) is 22.0. The summed E-state index contributed by atoms with van der Waals surface area (Å²) in [7, 11) is -3.83. The summed E-state index contributed by atoms with van der Waals surface area (Å²) in [6, 6.07) is 9.03. The molecule has 0 saturated carbocycles. The highest BCUT2D eigenvalue weighted by Gasteiger charge is 2.31. The number of hydrogen-bond acceptors (Lipinski definition) is 4. The summed E-state index contributed by atoms with van der Waals surface area (Å²) in [5.74, 6) is -1.41. The maximum absolute atomic E-state index is 13.1. The van der Waals surface area contributed by atoms with Crippen molar-refractivity contribution in [2.45, 2.75) is 17.7 Å². The van der Waals surface area contributed by atoms with Gasteiger partial charge < -0.3 is 9.64 Å². The van der Waals surface area contributed by atoms with E-state index in [9.17, 15) is 30.8 Å².